The summed E-state index contributed by atoms with van der Waals surface area (Å²) in [6, 6.07) is 11.4. The Hall–Kier alpha value is -1.33. The average Bonchev–Trinajstić information content (AvgIpc) is 2.40. The van der Waals surface area contributed by atoms with E-state index in [2.05, 4.69) is 36.2 Å². The van der Waals surface area contributed by atoms with Crippen molar-refractivity contribution in [3.05, 3.63) is 35.4 Å². The van der Waals surface area contributed by atoms with Crippen LogP contribution in [-0.4, -0.2) is 18.0 Å². The maximum absolute atomic E-state index is 8.74. The Morgan fingerprint density at radius 1 is 1.22 bits per heavy atom. The van der Waals surface area contributed by atoms with Gasteiger partial charge in [-0.15, -0.1) is 0 Å². The van der Waals surface area contributed by atoms with Crippen molar-refractivity contribution in [3.8, 4) is 6.07 Å². The molecule has 2 nitrogen and oxygen atoms in total. The molecule has 1 aromatic rings. The fourth-order valence-electron chi connectivity index (χ4n) is 2.87. The lowest BCUT2D eigenvalue weighted by Gasteiger charge is -2.31. The summed E-state index contributed by atoms with van der Waals surface area (Å²) in [7, 11) is 2.23. The van der Waals surface area contributed by atoms with Crippen molar-refractivity contribution in [2.24, 2.45) is 0 Å². The number of hydrogen-bond acceptors (Lipinski definition) is 2. The second-order valence-corrected chi connectivity index (χ2v) is 5.36. The first kappa shape index (κ1) is 13.1. The monoisotopic (exact) mass is 242 g/mol. The van der Waals surface area contributed by atoms with Gasteiger partial charge >= 0.3 is 0 Å². The molecule has 18 heavy (non-hydrogen) atoms. The topological polar surface area (TPSA) is 27.0 Å². The zero-order valence-corrected chi connectivity index (χ0v) is 11.2. The Morgan fingerprint density at radius 3 is 2.67 bits per heavy atom. The number of nitrogens with zero attached hydrogens (tertiary/aromatic N) is 2. The van der Waals surface area contributed by atoms with Gasteiger partial charge in [-0.1, -0.05) is 43.5 Å². The summed E-state index contributed by atoms with van der Waals surface area (Å²) in [5, 5.41) is 8.74. The highest BCUT2D eigenvalue weighted by Gasteiger charge is 2.17. The zero-order valence-electron chi connectivity index (χ0n) is 11.2. The van der Waals surface area contributed by atoms with E-state index in [9.17, 15) is 0 Å². The van der Waals surface area contributed by atoms with Gasteiger partial charge in [0, 0.05) is 12.6 Å². The summed E-state index contributed by atoms with van der Waals surface area (Å²) >= 11 is 0. The fraction of sp³-hybridized carbons (Fsp3) is 0.562. The van der Waals surface area contributed by atoms with Crippen LogP contribution in [0.2, 0.25) is 0 Å². The summed E-state index contributed by atoms with van der Waals surface area (Å²) in [5.74, 6) is 0. The van der Waals surface area contributed by atoms with Crippen LogP contribution in [0, 0.1) is 11.3 Å². The molecule has 0 spiro atoms. The first-order valence-electron chi connectivity index (χ1n) is 6.94. The maximum atomic E-state index is 8.74. The molecule has 1 fully saturated rings. The SMILES string of the molecule is CN(Cc1cccc(CC#N)c1)C1CCCCC1. The second kappa shape index (κ2) is 6.56. The van der Waals surface area contributed by atoms with Crippen molar-refractivity contribution in [3.63, 3.8) is 0 Å². The zero-order chi connectivity index (χ0) is 12.8. The summed E-state index contributed by atoms with van der Waals surface area (Å²) in [4.78, 5) is 2.48. The lowest BCUT2D eigenvalue weighted by atomic mass is 9.94. The molecule has 0 unspecified atom stereocenters. The molecule has 0 amide bonds. The highest BCUT2D eigenvalue weighted by Crippen LogP contribution is 2.23. The minimum Gasteiger partial charge on any atom is -0.299 e. The Bertz CT molecular complexity index is 413. The quantitative estimate of drug-likeness (QED) is 0.807. The molecule has 1 aliphatic rings. The largest absolute Gasteiger partial charge is 0.299 e. The predicted octanol–water partition coefficient (Wildman–Crippen LogP) is 3.52. The van der Waals surface area contributed by atoms with Gasteiger partial charge in [0.05, 0.1) is 12.5 Å². The molecule has 1 aliphatic carbocycles. The molecule has 0 heterocycles. The molecule has 0 aromatic heterocycles. The predicted molar refractivity (Wildman–Crippen MR) is 74.1 cm³/mol. The molecule has 1 saturated carbocycles. The molecule has 0 saturated heterocycles. The Morgan fingerprint density at radius 2 is 1.94 bits per heavy atom. The molecule has 1 aromatic carbocycles. The van der Waals surface area contributed by atoms with Crippen molar-refractivity contribution < 1.29 is 0 Å². The van der Waals surface area contributed by atoms with Gasteiger partial charge in [0.1, 0.15) is 0 Å². The summed E-state index contributed by atoms with van der Waals surface area (Å²) in [5.41, 5.74) is 2.46. The molecule has 2 rings (SSSR count). The molecular formula is C16H22N2. The Balaban J connectivity index is 1.95. The first-order chi connectivity index (χ1) is 8.79. The lowest BCUT2D eigenvalue weighted by Crippen LogP contribution is -2.32. The maximum Gasteiger partial charge on any atom is 0.0669 e. The van der Waals surface area contributed by atoms with E-state index < -0.39 is 0 Å². The van der Waals surface area contributed by atoms with Crippen molar-refractivity contribution in [1.82, 2.24) is 4.90 Å². The molecule has 2 heteroatoms. The number of rotatable bonds is 4. The fourth-order valence-corrected chi connectivity index (χ4v) is 2.87. The van der Waals surface area contributed by atoms with E-state index in [1.807, 2.05) is 6.07 Å². The summed E-state index contributed by atoms with van der Waals surface area (Å²) in [6.45, 7) is 1.00. The minimum absolute atomic E-state index is 0.515. The molecule has 0 bridgehead atoms. The third-order valence-electron chi connectivity index (χ3n) is 3.90. The van der Waals surface area contributed by atoms with Crippen molar-refractivity contribution in [2.75, 3.05) is 7.05 Å². The molecule has 0 aliphatic heterocycles. The standard InChI is InChI=1S/C16H22N2/c1-18(16-8-3-2-4-9-16)13-15-7-5-6-14(12-15)10-11-17/h5-7,12,16H,2-4,8-10,13H2,1H3. The van der Waals surface area contributed by atoms with E-state index in [0.29, 0.717) is 6.42 Å². The van der Waals surface area contributed by atoms with Gasteiger partial charge in [0.15, 0.2) is 0 Å². The van der Waals surface area contributed by atoms with Gasteiger partial charge in [-0.3, -0.25) is 4.90 Å². The second-order valence-electron chi connectivity index (χ2n) is 5.36. The third-order valence-corrected chi connectivity index (χ3v) is 3.90. The van der Waals surface area contributed by atoms with Crippen LogP contribution in [0.1, 0.15) is 43.2 Å². The average molecular weight is 242 g/mol. The van der Waals surface area contributed by atoms with Crippen LogP contribution >= 0.6 is 0 Å². The van der Waals surface area contributed by atoms with E-state index >= 15 is 0 Å². The van der Waals surface area contributed by atoms with E-state index in [4.69, 9.17) is 5.26 Å². The van der Waals surface area contributed by atoms with Crippen LogP contribution < -0.4 is 0 Å². The first-order valence-corrected chi connectivity index (χ1v) is 6.94. The minimum atomic E-state index is 0.515. The summed E-state index contributed by atoms with van der Waals surface area (Å²) in [6.07, 6.45) is 7.36. The van der Waals surface area contributed by atoms with Gasteiger partial charge in [0.2, 0.25) is 0 Å². The molecular weight excluding hydrogens is 220 g/mol. The molecule has 0 atom stereocenters. The van der Waals surface area contributed by atoms with E-state index in [1.54, 1.807) is 0 Å². The van der Waals surface area contributed by atoms with Gasteiger partial charge in [-0.2, -0.15) is 5.26 Å². The molecule has 0 N–H and O–H groups in total. The Labute approximate surface area is 110 Å². The van der Waals surface area contributed by atoms with Gasteiger partial charge in [-0.25, -0.2) is 0 Å². The number of benzene rings is 1. The van der Waals surface area contributed by atoms with E-state index in [0.717, 1.165) is 18.2 Å². The van der Waals surface area contributed by atoms with Crippen LogP contribution in [-0.2, 0) is 13.0 Å². The van der Waals surface area contributed by atoms with Crippen molar-refractivity contribution in [1.29, 1.82) is 5.26 Å². The van der Waals surface area contributed by atoms with Crippen molar-refractivity contribution in [2.45, 2.75) is 51.1 Å². The van der Waals surface area contributed by atoms with Crippen LogP contribution in [0.15, 0.2) is 24.3 Å². The van der Waals surface area contributed by atoms with Crippen LogP contribution in [0.3, 0.4) is 0 Å². The third kappa shape index (κ3) is 3.58. The molecule has 0 radical (unpaired) electrons. The number of nitriles is 1. The van der Waals surface area contributed by atoms with Gasteiger partial charge < -0.3 is 0 Å². The van der Waals surface area contributed by atoms with E-state index in [1.165, 1.54) is 37.7 Å². The number of hydrogen-bond donors (Lipinski definition) is 0. The summed E-state index contributed by atoms with van der Waals surface area (Å²) < 4.78 is 0. The van der Waals surface area contributed by atoms with Gasteiger partial charge in [-0.05, 0) is 31.0 Å². The van der Waals surface area contributed by atoms with Crippen molar-refractivity contribution >= 4 is 0 Å². The van der Waals surface area contributed by atoms with Crippen LogP contribution in [0.5, 0.6) is 0 Å². The smallest absolute Gasteiger partial charge is 0.0669 e. The van der Waals surface area contributed by atoms with Crippen LogP contribution in [0.25, 0.3) is 0 Å². The van der Waals surface area contributed by atoms with Crippen LogP contribution in [0.4, 0.5) is 0 Å². The highest BCUT2D eigenvalue weighted by atomic mass is 15.1. The van der Waals surface area contributed by atoms with E-state index in [-0.39, 0.29) is 0 Å². The molecule has 96 valence electrons. The van der Waals surface area contributed by atoms with Gasteiger partial charge in [0.25, 0.3) is 0 Å². The lowest BCUT2D eigenvalue weighted by molar-refractivity contribution is 0.184. The normalized spacial score (nSPS) is 16.7. The Kier molecular flexibility index (Phi) is 4.78. The highest BCUT2D eigenvalue weighted by molar-refractivity contribution is 5.25.